The van der Waals surface area contributed by atoms with Gasteiger partial charge >= 0.3 is 6.18 Å². The minimum atomic E-state index is -4.65. The molecule has 1 N–H and O–H groups in total. The largest absolute Gasteiger partial charge is 0.408 e. The molecule has 0 radical (unpaired) electrons. The van der Waals surface area contributed by atoms with E-state index in [0.717, 1.165) is 55.8 Å². The monoisotopic (exact) mass is 567 g/mol. The average molecular weight is 568 g/mol. The average Bonchev–Trinajstić information content (AvgIpc) is 3.13. The minimum Gasteiger partial charge on any atom is -0.370 e. The third kappa shape index (κ3) is 6.52. The Hall–Kier alpha value is -3.18. The number of carbonyl (C=O) groups excluding carboxylic acids is 1. The van der Waals surface area contributed by atoms with Crippen LogP contribution in [0.2, 0.25) is 5.02 Å². The van der Waals surface area contributed by atoms with E-state index in [9.17, 15) is 27.2 Å². The van der Waals surface area contributed by atoms with Crippen molar-refractivity contribution in [1.82, 2.24) is 19.8 Å². The van der Waals surface area contributed by atoms with E-state index < -0.39 is 36.0 Å². The number of benzene rings is 2. The van der Waals surface area contributed by atoms with Crippen molar-refractivity contribution in [1.29, 1.82) is 0 Å². The molecule has 1 aromatic heterocycles. The van der Waals surface area contributed by atoms with Gasteiger partial charge in [0.05, 0.1) is 15.9 Å². The SMILES string of the molecule is CC(C)N1CCCN(c2ccc3nc(-c4ccc(F)c(Cl)c4)n(CC(=O)NC(C)C(F)(F)F)c(=O)c3c2)CC1. The van der Waals surface area contributed by atoms with Gasteiger partial charge in [-0.1, -0.05) is 11.6 Å². The van der Waals surface area contributed by atoms with Crippen LogP contribution < -0.4 is 15.8 Å². The molecule has 3 aromatic rings. The molecule has 0 aliphatic carbocycles. The second-order valence-corrected chi connectivity index (χ2v) is 10.4. The van der Waals surface area contributed by atoms with Gasteiger partial charge in [0.25, 0.3) is 5.56 Å². The molecule has 0 spiro atoms. The molecule has 1 saturated heterocycles. The van der Waals surface area contributed by atoms with Crippen LogP contribution >= 0.6 is 11.6 Å². The highest BCUT2D eigenvalue weighted by Gasteiger charge is 2.37. The zero-order chi connectivity index (χ0) is 28.5. The molecule has 1 atom stereocenters. The summed E-state index contributed by atoms with van der Waals surface area (Å²) in [5.41, 5.74) is 0.776. The van der Waals surface area contributed by atoms with E-state index in [1.807, 2.05) is 11.4 Å². The molecule has 2 heterocycles. The van der Waals surface area contributed by atoms with Crippen molar-refractivity contribution >= 4 is 34.1 Å². The van der Waals surface area contributed by atoms with Crippen LogP contribution in [0.15, 0.2) is 41.2 Å². The maximum atomic E-state index is 13.8. The number of amides is 1. The van der Waals surface area contributed by atoms with Gasteiger partial charge in [0.1, 0.15) is 24.2 Å². The number of carbonyl (C=O) groups is 1. The Morgan fingerprint density at radius 2 is 1.82 bits per heavy atom. The van der Waals surface area contributed by atoms with E-state index in [2.05, 4.69) is 28.6 Å². The summed E-state index contributed by atoms with van der Waals surface area (Å²) in [6, 6.07) is 7.25. The topological polar surface area (TPSA) is 70.5 Å². The van der Waals surface area contributed by atoms with Crippen molar-refractivity contribution in [3.8, 4) is 11.4 Å². The fraction of sp³-hybridized carbons (Fsp3) is 0.444. The molecule has 210 valence electrons. The van der Waals surface area contributed by atoms with Crippen LogP contribution in [0.1, 0.15) is 27.2 Å². The summed E-state index contributed by atoms with van der Waals surface area (Å²) >= 11 is 5.95. The summed E-state index contributed by atoms with van der Waals surface area (Å²) in [4.78, 5) is 35.4. The summed E-state index contributed by atoms with van der Waals surface area (Å²) in [6.07, 6.45) is -3.71. The summed E-state index contributed by atoms with van der Waals surface area (Å²) in [6.45, 7) is 7.77. The Morgan fingerprint density at radius 3 is 2.49 bits per heavy atom. The number of aromatic nitrogens is 2. The normalized spacial score (nSPS) is 16.0. The number of hydrogen-bond acceptors (Lipinski definition) is 5. The molecule has 39 heavy (non-hydrogen) atoms. The number of hydrogen-bond donors (Lipinski definition) is 1. The van der Waals surface area contributed by atoms with Gasteiger partial charge in [0, 0.05) is 43.5 Å². The van der Waals surface area contributed by atoms with Gasteiger partial charge in [-0.25, -0.2) is 9.37 Å². The Bertz CT molecular complexity index is 1430. The lowest BCUT2D eigenvalue weighted by molar-refractivity contribution is -0.158. The Labute approximate surface area is 228 Å². The second-order valence-electron chi connectivity index (χ2n) is 9.96. The van der Waals surface area contributed by atoms with Crippen LogP contribution in [0.25, 0.3) is 22.3 Å². The molecular formula is C27H30ClF4N5O2. The lowest BCUT2D eigenvalue weighted by Gasteiger charge is -2.26. The number of alkyl halides is 3. The van der Waals surface area contributed by atoms with Crippen molar-refractivity contribution in [2.75, 3.05) is 31.1 Å². The van der Waals surface area contributed by atoms with E-state index in [4.69, 9.17) is 11.6 Å². The van der Waals surface area contributed by atoms with Gasteiger partial charge in [-0.05, 0) is 63.6 Å². The van der Waals surface area contributed by atoms with Crippen molar-refractivity contribution in [3.63, 3.8) is 0 Å². The molecule has 1 aliphatic rings. The first-order valence-corrected chi connectivity index (χ1v) is 13.1. The summed E-state index contributed by atoms with van der Waals surface area (Å²) in [7, 11) is 0. The number of nitrogens with zero attached hydrogens (tertiary/aromatic N) is 4. The van der Waals surface area contributed by atoms with E-state index in [1.165, 1.54) is 12.1 Å². The number of halogens is 5. The number of anilines is 1. The predicted molar refractivity (Wildman–Crippen MR) is 144 cm³/mol. The summed E-state index contributed by atoms with van der Waals surface area (Å²) < 4.78 is 53.9. The third-order valence-electron chi connectivity index (χ3n) is 6.91. The highest BCUT2D eigenvalue weighted by atomic mass is 35.5. The smallest absolute Gasteiger partial charge is 0.370 e. The molecule has 0 saturated carbocycles. The summed E-state index contributed by atoms with van der Waals surface area (Å²) in [5.74, 6) is -1.72. The van der Waals surface area contributed by atoms with Crippen LogP contribution in [0.4, 0.5) is 23.2 Å². The molecule has 2 aromatic carbocycles. The fourth-order valence-electron chi connectivity index (χ4n) is 4.63. The number of nitrogens with one attached hydrogen (secondary N) is 1. The van der Waals surface area contributed by atoms with E-state index >= 15 is 0 Å². The molecule has 12 heteroatoms. The maximum Gasteiger partial charge on any atom is 0.408 e. The van der Waals surface area contributed by atoms with Crippen molar-refractivity contribution in [2.45, 2.75) is 52.0 Å². The van der Waals surface area contributed by atoms with Gasteiger partial charge in [-0.2, -0.15) is 13.2 Å². The standard InChI is InChI=1S/C27H30ClF4N5O2/c1-16(2)35-9-4-10-36(12-11-35)19-6-8-23-20(14-19)26(39)37(15-24(38)33-17(3)27(30,31)32)25(34-23)18-5-7-22(29)21(28)13-18/h5-8,13-14,16-17H,4,9-12,15H2,1-3H3,(H,33,38). The molecule has 1 amide bonds. The van der Waals surface area contributed by atoms with Gasteiger partial charge in [0.15, 0.2) is 0 Å². The van der Waals surface area contributed by atoms with E-state index in [1.54, 1.807) is 12.1 Å². The maximum absolute atomic E-state index is 13.8. The van der Waals surface area contributed by atoms with Gasteiger partial charge in [-0.3, -0.25) is 19.1 Å². The van der Waals surface area contributed by atoms with Crippen LogP contribution in [0, 0.1) is 5.82 Å². The molecule has 1 aliphatic heterocycles. The van der Waals surface area contributed by atoms with Crippen molar-refractivity contribution < 1.29 is 22.4 Å². The van der Waals surface area contributed by atoms with Crippen LogP contribution in [-0.2, 0) is 11.3 Å². The number of rotatable bonds is 6. The first kappa shape index (κ1) is 28.8. The molecule has 1 unspecified atom stereocenters. The zero-order valence-electron chi connectivity index (χ0n) is 21.9. The Kier molecular flexibility index (Phi) is 8.51. The third-order valence-corrected chi connectivity index (χ3v) is 7.20. The second kappa shape index (κ2) is 11.5. The lowest BCUT2D eigenvalue weighted by atomic mass is 10.1. The van der Waals surface area contributed by atoms with Crippen molar-refractivity contribution in [2.24, 2.45) is 0 Å². The summed E-state index contributed by atoms with van der Waals surface area (Å²) in [5, 5.41) is 1.86. The molecule has 4 rings (SSSR count). The first-order chi connectivity index (χ1) is 18.3. The Balaban J connectivity index is 1.77. The number of fused-ring (bicyclic) bond motifs is 1. The van der Waals surface area contributed by atoms with Crippen LogP contribution in [0.5, 0.6) is 0 Å². The van der Waals surface area contributed by atoms with Gasteiger partial charge in [-0.15, -0.1) is 0 Å². The van der Waals surface area contributed by atoms with Crippen LogP contribution in [0.3, 0.4) is 0 Å². The quantitative estimate of drug-likeness (QED) is 0.432. The first-order valence-electron chi connectivity index (χ1n) is 12.7. The Morgan fingerprint density at radius 1 is 1.08 bits per heavy atom. The molecule has 0 bridgehead atoms. The van der Waals surface area contributed by atoms with Gasteiger partial charge < -0.3 is 10.2 Å². The lowest BCUT2D eigenvalue weighted by Crippen LogP contribution is -2.45. The fourth-order valence-corrected chi connectivity index (χ4v) is 4.81. The zero-order valence-corrected chi connectivity index (χ0v) is 22.6. The predicted octanol–water partition coefficient (Wildman–Crippen LogP) is 4.84. The van der Waals surface area contributed by atoms with Crippen LogP contribution in [-0.4, -0.2) is 64.8 Å². The van der Waals surface area contributed by atoms with E-state index in [-0.39, 0.29) is 21.8 Å². The minimum absolute atomic E-state index is 0.0145. The molecule has 1 fully saturated rings. The van der Waals surface area contributed by atoms with Gasteiger partial charge in [0.2, 0.25) is 5.91 Å². The van der Waals surface area contributed by atoms with Crippen molar-refractivity contribution in [3.05, 3.63) is 57.6 Å². The highest BCUT2D eigenvalue weighted by molar-refractivity contribution is 6.31. The highest BCUT2D eigenvalue weighted by Crippen LogP contribution is 2.27. The van der Waals surface area contributed by atoms with E-state index in [0.29, 0.717) is 11.6 Å². The molecular weight excluding hydrogens is 538 g/mol. The molecule has 7 nitrogen and oxygen atoms in total.